The van der Waals surface area contributed by atoms with Crippen molar-refractivity contribution in [2.75, 3.05) is 6.54 Å². The first-order valence-corrected chi connectivity index (χ1v) is 9.82. The monoisotopic (exact) mass is 365 g/mol. The van der Waals surface area contributed by atoms with Crippen LogP contribution < -0.4 is 0 Å². The Labute approximate surface area is 154 Å². The highest BCUT2D eigenvalue weighted by molar-refractivity contribution is 5.82. The molecule has 3 unspecified atom stereocenters. The number of hydrogen-bond acceptors (Lipinski definition) is 2. The molecule has 0 radical (unpaired) electrons. The fraction of sp³-hybridized carbons (Fsp3) is 0.667. The minimum Gasteiger partial charge on any atom is -0.364 e. The Balaban J connectivity index is 1.63. The molecule has 5 heteroatoms. The van der Waals surface area contributed by atoms with Crippen LogP contribution in [0.5, 0.6) is 0 Å². The van der Waals surface area contributed by atoms with Crippen LogP contribution >= 0.6 is 0 Å². The zero-order valence-corrected chi connectivity index (χ0v) is 15.5. The molecule has 1 aliphatic heterocycles. The Morgan fingerprint density at radius 1 is 1.15 bits per heavy atom. The number of amides is 1. The minimum atomic E-state index is -2.68. The highest BCUT2D eigenvalue weighted by atomic mass is 19.3. The van der Waals surface area contributed by atoms with Crippen LogP contribution in [0.25, 0.3) is 0 Å². The second-order valence-corrected chi connectivity index (χ2v) is 7.73. The summed E-state index contributed by atoms with van der Waals surface area (Å²) in [6.45, 7) is 2.92. The predicted octanol–water partition coefficient (Wildman–Crippen LogP) is 4.80. The molecule has 3 atom stereocenters. The van der Waals surface area contributed by atoms with Crippen molar-refractivity contribution in [3.63, 3.8) is 0 Å². The molecule has 0 spiro atoms. The summed E-state index contributed by atoms with van der Waals surface area (Å²) in [5.41, 5.74) is 1.02. The number of benzene rings is 1. The fourth-order valence-electron chi connectivity index (χ4n) is 4.25. The Morgan fingerprint density at radius 3 is 2.65 bits per heavy atom. The second-order valence-electron chi connectivity index (χ2n) is 7.73. The average Bonchev–Trinajstić information content (AvgIpc) is 2.79. The molecule has 1 aromatic rings. The van der Waals surface area contributed by atoms with Crippen LogP contribution in [0, 0.1) is 5.92 Å². The van der Waals surface area contributed by atoms with Crippen molar-refractivity contribution >= 4 is 5.91 Å². The number of carbonyl (C=O) groups is 1. The number of alkyl halides is 2. The predicted molar refractivity (Wildman–Crippen MR) is 97.0 cm³/mol. The van der Waals surface area contributed by atoms with E-state index in [0.717, 1.165) is 24.8 Å². The van der Waals surface area contributed by atoms with E-state index in [1.807, 2.05) is 37.3 Å². The number of hydrogen-bond donors (Lipinski definition) is 0. The maximum atomic E-state index is 14.3. The van der Waals surface area contributed by atoms with E-state index in [0.29, 0.717) is 26.0 Å². The summed E-state index contributed by atoms with van der Waals surface area (Å²) in [4.78, 5) is 14.6. The molecule has 1 aromatic carbocycles. The number of halogens is 2. The van der Waals surface area contributed by atoms with Gasteiger partial charge in [-0.1, -0.05) is 43.7 Å². The maximum absolute atomic E-state index is 14.3. The van der Waals surface area contributed by atoms with E-state index in [1.165, 1.54) is 0 Å². The van der Waals surface area contributed by atoms with Gasteiger partial charge in [-0.15, -0.1) is 0 Å². The van der Waals surface area contributed by atoms with Crippen molar-refractivity contribution in [2.45, 2.75) is 76.5 Å². The van der Waals surface area contributed by atoms with E-state index in [4.69, 9.17) is 4.74 Å². The van der Waals surface area contributed by atoms with Gasteiger partial charge in [0.2, 0.25) is 5.92 Å². The zero-order chi connectivity index (χ0) is 18.6. The molecule has 3 rings (SSSR count). The Morgan fingerprint density at radius 2 is 1.92 bits per heavy atom. The van der Waals surface area contributed by atoms with Gasteiger partial charge in [0.05, 0.1) is 6.61 Å². The van der Waals surface area contributed by atoms with Crippen LogP contribution in [0.15, 0.2) is 30.3 Å². The highest BCUT2D eigenvalue weighted by Gasteiger charge is 2.43. The van der Waals surface area contributed by atoms with Gasteiger partial charge in [0, 0.05) is 25.4 Å². The summed E-state index contributed by atoms with van der Waals surface area (Å²) in [6.07, 6.45) is 2.94. The average molecular weight is 365 g/mol. The standard InChI is InChI=1S/C21H29F2NO2/c1-2-16-10-11-18(14-21(22,23)13-16)24-12-6-9-19(20(24)25)26-15-17-7-4-3-5-8-17/h3-5,7-8,16,18-19H,2,6,9-15H2,1H3. The SMILES string of the molecule is CCC1CCC(N2CCCC(OCc3ccccc3)C2=O)CC(F)(F)C1. The third-order valence-corrected chi connectivity index (χ3v) is 5.77. The van der Waals surface area contributed by atoms with E-state index in [2.05, 4.69) is 0 Å². The number of nitrogens with zero attached hydrogens (tertiary/aromatic N) is 1. The van der Waals surface area contributed by atoms with Crippen LogP contribution in [-0.2, 0) is 16.1 Å². The maximum Gasteiger partial charge on any atom is 0.251 e. The lowest BCUT2D eigenvalue weighted by molar-refractivity contribution is -0.153. The summed E-state index contributed by atoms with van der Waals surface area (Å²) in [5.74, 6) is -2.73. The van der Waals surface area contributed by atoms with Gasteiger partial charge in [0.25, 0.3) is 5.91 Å². The van der Waals surface area contributed by atoms with Crippen LogP contribution in [0.4, 0.5) is 8.78 Å². The Kier molecular flexibility index (Phi) is 6.28. The normalized spacial score (nSPS) is 29.4. The molecule has 2 fully saturated rings. The van der Waals surface area contributed by atoms with Gasteiger partial charge in [-0.3, -0.25) is 4.79 Å². The molecular weight excluding hydrogens is 336 g/mol. The molecule has 1 aliphatic carbocycles. The molecule has 0 N–H and O–H groups in total. The van der Waals surface area contributed by atoms with E-state index in [1.54, 1.807) is 4.90 Å². The molecule has 26 heavy (non-hydrogen) atoms. The molecule has 2 aliphatic rings. The first-order valence-electron chi connectivity index (χ1n) is 9.82. The van der Waals surface area contributed by atoms with Crippen molar-refractivity contribution in [1.82, 2.24) is 4.90 Å². The number of piperidine rings is 1. The molecular formula is C21H29F2NO2. The summed E-state index contributed by atoms with van der Waals surface area (Å²) in [6, 6.07) is 9.37. The molecule has 1 amide bonds. The number of rotatable bonds is 5. The smallest absolute Gasteiger partial charge is 0.251 e. The summed E-state index contributed by atoms with van der Waals surface area (Å²) in [7, 11) is 0. The van der Waals surface area contributed by atoms with Gasteiger partial charge in [0.15, 0.2) is 0 Å². The lowest BCUT2D eigenvalue weighted by Crippen LogP contribution is -2.51. The second kappa shape index (κ2) is 8.47. The van der Waals surface area contributed by atoms with Crippen LogP contribution in [-0.4, -0.2) is 35.4 Å². The topological polar surface area (TPSA) is 29.5 Å². The quantitative estimate of drug-likeness (QED) is 0.702. The van der Waals surface area contributed by atoms with E-state index < -0.39 is 12.0 Å². The summed E-state index contributed by atoms with van der Waals surface area (Å²) < 4.78 is 34.5. The summed E-state index contributed by atoms with van der Waals surface area (Å²) >= 11 is 0. The van der Waals surface area contributed by atoms with Crippen molar-refractivity contribution in [2.24, 2.45) is 5.92 Å². The molecule has 1 saturated heterocycles. The molecule has 0 aromatic heterocycles. The number of likely N-dealkylation sites (tertiary alicyclic amines) is 1. The van der Waals surface area contributed by atoms with E-state index in [-0.39, 0.29) is 30.7 Å². The van der Waals surface area contributed by atoms with Gasteiger partial charge < -0.3 is 9.64 Å². The third-order valence-electron chi connectivity index (χ3n) is 5.77. The zero-order valence-electron chi connectivity index (χ0n) is 15.5. The molecule has 1 saturated carbocycles. The van der Waals surface area contributed by atoms with E-state index in [9.17, 15) is 13.6 Å². The first kappa shape index (κ1) is 19.3. The van der Waals surface area contributed by atoms with Gasteiger partial charge in [-0.2, -0.15) is 0 Å². The molecule has 3 nitrogen and oxygen atoms in total. The molecule has 0 bridgehead atoms. The van der Waals surface area contributed by atoms with Crippen LogP contribution in [0.3, 0.4) is 0 Å². The summed E-state index contributed by atoms with van der Waals surface area (Å²) in [5, 5.41) is 0. The highest BCUT2D eigenvalue weighted by Crippen LogP contribution is 2.39. The lowest BCUT2D eigenvalue weighted by Gasteiger charge is -2.38. The van der Waals surface area contributed by atoms with Crippen molar-refractivity contribution in [3.8, 4) is 0 Å². The largest absolute Gasteiger partial charge is 0.364 e. The van der Waals surface area contributed by atoms with Gasteiger partial charge in [-0.25, -0.2) is 8.78 Å². The Hall–Kier alpha value is -1.49. The van der Waals surface area contributed by atoms with E-state index >= 15 is 0 Å². The van der Waals surface area contributed by atoms with Crippen LogP contribution in [0.2, 0.25) is 0 Å². The fourth-order valence-corrected chi connectivity index (χ4v) is 4.25. The Bertz CT molecular complexity index is 593. The van der Waals surface area contributed by atoms with Crippen LogP contribution in [0.1, 0.15) is 57.4 Å². The van der Waals surface area contributed by atoms with Crippen molar-refractivity contribution in [3.05, 3.63) is 35.9 Å². The number of ether oxygens (including phenoxy) is 1. The van der Waals surface area contributed by atoms with Gasteiger partial charge in [0.1, 0.15) is 6.10 Å². The van der Waals surface area contributed by atoms with Gasteiger partial charge in [-0.05, 0) is 37.2 Å². The molecule has 144 valence electrons. The number of carbonyl (C=O) groups excluding carboxylic acids is 1. The third kappa shape index (κ3) is 4.81. The van der Waals surface area contributed by atoms with Crippen molar-refractivity contribution < 1.29 is 18.3 Å². The minimum absolute atomic E-state index is 0.0457. The van der Waals surface area contributed by atoms with Gasteiger partial charge >= 0.3 is 0 Å². The van der Waals surface area contributed by atoms with Crippen molar-refractivity contribution in [1.29, 1.82) is 0 Å². The molecule has 1 heterocycles. The lowest BCUT2D eigenvalue weighted by atomic mass is 9.96. The first-order chi connectivity index (χ1) is 12.5.